The lowest BCUT2D eigenvalue weighted by Gasteiger charge is -2.06. The van der Waals surface area contributed by atoms with E-state index < -0.39 is 0 Å². The predicted octanol–water partition coefficient (Wildman–Crippen LogP) is 4.44. The Labute approximate surface area is 154 Å². The van der Waals surface area contributed by atoms with E-state index >= 15 is 0 Å². The maximum atomic E-state index is 11.8. The van der Waals surface area contributed by atoms with E-state index in [9.17, 15) is 4.79 Å². The predicted molar refractivity (Wildman–Crippen MR) is 104 cm³/mol. The fraction of sp³-hybridized carbons (Fsp3) is 0.100. The highest BCUT2D eigenvalue weighted by Gasteiger charge is 2.03. The molecular formula is C20H17BrN2O2. The summed E-state index contributed by atoms with van der Waals surface area (Å²) < 4.78 is 6.46. The van der Waals surface area contributed by atoms with Crippen LogP contribution in [0.4, 0.5) is 0 Å². The molecule has 25 heavy (non-hydrogen) atoms. The van der Waals surface area contributed by atoms with Crippen LogP contribution in [0.25, 0.3) is 10.8 Å². The van der Waals surface area contributed by atoms with Crippen molar-refractivity contribution in [2.24, 2.45) is 5.10 Å². The van der Waals surface area contributed by atoms with Crippen LogP contribution < -0.4 is 10.2 Å². The van der Waals surface area contributed by atoms with Gasteiger partial charge in [0.1, 0.15) is 5.75 Å². The zero-order valence-electron chi connectivity index (χ0n) is 13.7. The number of aryl methyl sites for hydroxylation is 1. The molecule has 0 saturated carbocycles. The number of fused-ring (bicyclic) bond motifs is 1. The molecule has 0 atom stereocenters. The van der Waals surface area contributed by atoms with Crippen LogP contribution in [0, 0.1) is 6.92 Å². The summed E-state index contributed by atoms with van der Waals surface area (Å²) in [4.78, 5) is 11.8. The number of hydrazone groups is 1. The third kappa shape index (κ3) is 4.67. The summed E-state index contributed by atoms with van der Waals surface area (Å²) in [6, 6.07) is 19.7. The lowest BCUT2D eigenvalue weighted by Crippen LogP contribution is -2.24. The first-order valence-electron chi connectivity index (χ1n) is 7.81. The Balaban J connectivity index is 1.53. The molecule has 0 aromatic heterocycles. The molecule has 0 heterocycles. The first-order valence-corrected chi connectivity index (χ1v) is 8.61. The van der Waals surface area contributed by atoms with Crippen LogP contribution in [-0.4, -0.2) is 18.7 Å². The first kappa shape index (κ1) is 17.2. The van der Waals surface area contributed by atoms with Crippen LogP contribution >= 0.6 is 15.9 Å². The zero-order chi connectivity index (χ0) is 17.6. The van der Waals surface area contributed by atoms with Gasteiger partial charge >= 0.3 is 0 Å². The maximum Gasteiger partial charge on any atom is 0.277 e. The number of hydrogen-bond acceptors (Lipinski definition) is 3. The molecule has 1 amide bonds. The summed E-state index contributed by atoms with van der Waals surface area (Å²) in [6.07, 6.45) is 1.62. The number of nitrogens with zero attached hydrogens (tertiary/aromatic N) is 1. The fourth-order valence-corrected chi connectivity index (χ4v) is 2.60. The number of carbonyl (C=O) groups is 1. The minimum absolute atomic E-state index is 0.0872. The second-order valence-corrected chi connectivity index (χ2v) is 6.45. The highest BCUT2D eigenvalue weighted by molar-refractivity contribution is 9.10. The molecule has 0 aliphatic carbocycles. The van der Waals surface area contributed by atoms with Crippen molar-refractivity contribution < 1.29 is 9.53 Å². The van der Waals surface area contributed by atoms with Crippen molar-refractivity contribution in [1.29, 1.82) is 0 Å². The summed E-state index contributed by atoms with van der Waals surface area (Å²) >= 11 is 3.43. The van der Waals surface area contributed by atoms with Gasteiger partial charge < -0.3 is 4.74 Å². The molecule has 0 unspecified atom stereocenters. The van der Waals surface area contributed by atoms with Gasteiger partial charge in [-0.05, 0) is 53.1 Å². The van der Waals surface area contributed by atoms with Crippen molar-refractivity contribution in [1.82, 2.24) is 5.43 Å². The van der Waals surface area contributed by atoms with Crippen LogP contribution in [0.15, 0.2) is 70.2 Å². The van der Waals surface area contributed by atoms with Crippen molar-refractivity contribution in [2.75, 3.05) is 6.61 Å². The van der Waals surface area contributed by atoms with Crippen LogP contribution in [0.3, 0.4) is 0 Å². The molecule has 0 fully saturated rings. The van der Waals surface area contributed by atoms with Gasteiger partial charge in [-0.15, -0.1) is 0 Å². The number of halogens is 1. The number of amides is 1. The minimum atomic E-state index is -0.308. The molecular weight excluding hydrogens is 380 g/mol. The van der Waals surface area contributed by atoms with Gasteiger partial charge in [0, 0.05) is 4.47 Å². The van der Waals surface area contributed by atoms with Crippen LogP contribution in [0.5, 0.6) is 5.75 Å². The number of carbonyl (C=O) groups excluding carboxylic acids is 1. The molecule has 126 valence electrons. The van der Waals surface area contributed by atoms with E-state index in [1.807, 2.05) is 61.5 Å². The molecule has 0 spiro atoms. The van der Waals surface area contributed by atoms with E-state index in [4.69, 9.17) is 4.74 Å². The minimum Gasteiger partial charge on any atom is -0.484 e. The molecule has 3 aromatic carbocycles. The monoisotopic (exact) mass is 396 g/mol. The molecule has 3 aromatic rings. The molecule has 3 rings (SSSR count). The highest BCUT2D eigenvalue weighted by Crippen LogP contribution is 2.21. The van der Waals surface area contributed by atoms with Crippen molar-refractivity contribution in [3.05, 3.63) is 76.3 Å². The van der Waals surface area contributed by atoms with Gasteiger partial charge in [-0.1, -0.05) is 52.3 Å². The van der Waals surface area contributed by atoms with Gasteiger partial charge in [-0.2, -0.15) is 5.10 Å². The quantitative estimate of drug-likeness (QED) is 0.511. The Morgan fingerprint density at radius 1 is 1.12 bits per heavy atom. The second-order valence-electron chi connectivity index (χ2n) is 5.60. The average molecular weight is 397 g/mol. The summed E-state index contributed by atoms with van der Waals surface area (Å²) in [6.45, 7) is 1.88. The van der Waals surface area contributed by atoms with Crippen molar-refractivity contribution in [3.8, 4) is 5.75 Å². The molecule has 0 saturated heterocycles. The third-order valence-electron chi connectivity index (χ3n) is 3.68. The van der Waals surface area contributed by atoms with Gasteiger partial charge in [0.25, 0.3) is 5.91 Å². The largest absolute Gasteiger partial charge is 0.484 e. The molecule has 0 bridgehead atoms. The van der Waals surface area contributed by atoms with Crippen LogP contribution in [0.1, 0.15) is 11.1 Å². The molecule has 4 nitrogen and oxygen atoms in total. The van der Waals surface area contributed by atoms with Gasteiger partial charge in [0.05, 0.1) is 6.21 Å². The van der Waals surface area contributed by atoms with E-state index in [1.165, 1.54) is 5.39 Å². The number of nitrogens with one attached hydrogen (secondary N) is 1. The van der Waals surface area contributed by atoms with Crippen molar-refractivity contribution >= 4 is 38.8 Å². The topological polar surface area (TPSA) is 50.7 Å². The second kappa shape index (κ2) is 7.94. The van der Waals surface area contributed by atoms with E-state index in [0.717, 1.165) is 21.0 Å². The van der Waals surface area contributed by atoms with E-state index in [0.29, 0.717) is 5.75 Å². The Morgan fingerprint density at radius 3 is 2.72 bits per heavy atom. The van der Waals surface area contributed by atoms with Crippen molar-refractivity contribution in [2.45, 2.75) is 6.92 Å². The van der Waals surface area contributed by atoms with E-state index in [1.54, 1.807) is 6.21 Å². The van der Waals surface area contributed by atoms with Crippen LogP contribution in [-0.2, 0) is 4.79 Å². The summed E-state index contributed by atoms with van der Waals surface area (Å²) in [7, 11) is 0. The molecule has 0 aliphatic rings. The van der Waals surface area contributed by atoms with E-state index in [-0.39, 0.29) is 12.5 Å². The molecule has 5 heteroatoms. The number of ether oxygens (including phenoxy) is 1. The summed E-state index contributed by atoms with van der Waals surface area (Å²) in [5.74, 6) is 0.340. The summed E-state index contributed by atoms with van der Waals surface area (Å²) in [5, 5.41) is 6.28. The van der Waals surface area contributed by atoms with Gasteiger partial charge in [0.15, 0.2) is 6.61 Å². The molecule has 0 radical (unpaired) electrons. The number of rotatable bonds is 5. The lowest BCUT2D eigenvalue weighted by molar-refractivity contribution is -0.123. The lowest BCUT2D eigenvalue weighted by atomic mass is 10.1. The summed E-state index contributed by atoms with van der Waals surface area (Å²) in [5.41, 5.74) is 4.44. The third-order valence-corrected chi connectivity index (χ3v) is 4.57. The Morgan fingerprint density at radius 2 is 1.92 bits per heavy atom. The highest BCUT2D eigenvalue weighted by atomic mass is 79.9. The van der Waals surface area contributed by atoms with Crippen LogP contribution in [0.2, 0.25) is 0 Å². The van der Waals surface area contributed by atoms with Gasteiger partial charge in [0.2, 0.25) is 0 Å². The Bertz CT molecular complexity index is 938. The first-order chi connectivity index (χ1) is 12.1. The molecule has 1 N–H and O–H groups in total. The van der Waals surface area contributed by atoms with Gasteiger partial charge in [-0.3, -0.25) is 4.79 Å². The van der Waals surface area contributed by atoms with Crippen molar-refractivity contribution in [3.63, 3.8) is 0 Å². The average Bonchev–Trinajstić information content (AvgIpc) is 2.62. The SMILES string of the molecule is Cc1cc(OCC(=O)NN=Cc2ccc3ccccc3c2)ccc1Br. The smallest absolute Gasteiger partial charge is 0.277 e. The Kier molecular flexibility index (Phi) is 5.46. The standard InChI is InChI=1S/C20H17BrN2O2/c1-14-10-18(8-9-19(14)21)25-13-20(24)23-22-12-15-6-7-16-4-2-3-5-17(16)11-15/h2-12H,13H2,1H3,(H,23,24). The number of hydrogen-bond donors (Lipinski definition) is 1. The normalized spacial score (nSPS) is 11.0. The number of benzene rings is 3. The molecule has 0 aliphatic heterocycles. The maximum absolute atomic E-state index is 11.8. The Hall–Kier alpha value is -2.66. The fourth-order valence-electron chi connectivity index (χ4n) is 2.36. The van der Waals surface area contributed by atoms with Gasteiger partial charge in [-0.25, -0.2) is 5.43 Å². The van der Waals surface area contributed by atoms with E-state index in [2.05, 4.69) is 32.5 Å². The zero-order valence-corrected chi connectivity index (χ0v) is 15.3.